The molecule has 0 aromatic heterocycles. The third kappa shape index (κ3) is 4.28. The summed E-state index contributed by atoms with van der Waals surface area (Å²) in [6.45, 7) is 1.82. The summed E-state index contributed by atoms with van der Waals surface area (Å²) in [5.74, 6) is 0.682. The predicted molar refractivity (Wildman–Crippen MR) is 54.2 cm³/mol. The Bertz CT molecular complexity index is 193. The van der Waals surface area contributed by atoms with Gasteiger partial charge < -0.3 is 0 Å². The maximum atomic E-state index is 12.7. The molecule has 0 atom stereocenters. The van der Waals surface area contributed by atoms with E-state index in [-0.39, 0.29) is 5.83 Å². The van der Waals surface area contributed by atoms with Crippen LogP contribution >= 0.6 is 0 Å². The van der Waals surface area contributed by atoms with Crippen LogP contribution in [0.2, 0.25) is 0 Å². The van der Waals surface area contributed by atoms with E-state index in [0.717, 1.165) is 12.3 Å². The van der Waals surface area contributed by atoms with E-state index in [1.165, 1.54) is 32.1 Å². The Morgan fingerprint density at radius 1 is 1.38 bits per heavy atom. The van der Waals surface area contributed by atoms with Gasteiger partial charge >= 0.3 is 0 Å². The van der Waals surface area contributed by atoms with Gasteiger partial charge in [-0.15, -0.1) is 0 Å². The van der Waals surface area contributed by atoms with Gasteiger partial charge in [0, 0.05) is 6.42 Å². The maximum absolute atomic E-state index is 12.7. The standard InChI is InChI=1S/C12H19F/c1-2-12(13)10-6-9-11-7-4-3-5-8-11/h6,11H,2-5,7-9H2,1H3. The van der Waals surface area contributed by atoms with Crippen LogP contribution in [0.15, 0.2) is 17.6 Å². The summed E-state index contributed by atoms with van der Waals surface area (Å²) in [6, 6.07) is 0. The highest BCUT2D eigenvalue weighted by atomic mass is 19.1. The van der Waals surface area contributed by atoms with E-state index in [1.807, 2.05) is 13.0 Å². The molecule has 0 nitrogen and oxygen atoms in total. The van der Waals surface area contributed by atoms with Crippen LogP contribution < -0.4 is 0 Å². The molecule has 0 unspecified atom stereocenters. The highest BCUT2D eigenvalue weighted by molar-refractivity contribution is 4.92. The van der Waals surface area contributed by atoms with Crippen molar-refractivity contribution in [2.75, 3.05) is 0 Å². The second-order valence-corrected chi connectivity index (χ2v) is 3.85. The molecule has 0 N–H and O–H groups in total. The Morgan fingerprint density at radius 3 is 2.69 bits per heavy atom. The molecule has 13 heavy (non-hydrogen) atoms. The Labute approximate surface area is 80.5 Å². The molecule has 1 rings (SSSR count). The monoisotopic (exact) mass is 182 g/mol. The molecule has 74 valence electrons. The van der Waals surface area contributed by atoms with Crippen LogP contribution in [0.5, 0.6) is 0 Å². The molecular weight excluding hydrogens is 163 g/mol. The fraction of sp³-hybridized carbons (Fsp3) is 0.750. The van der Waals surface area contributed by atoms with Gasteiger partial charge in [0.25, 0.3) is 0 Å². The molecule has 0 spiro atoms. The van der Waals surface area contributed by atoms with E-state index in [1.54, 1.807) is 0 Å². The van der Waals surface area contributed by atoms with Crippen molar-refractivity contribution < 1.29 is 4.39 Å². The number of halogens is 1. The van der Waals surface area contributed by atoms with Gasteiger partial charge in [0.1, 0.15) is 5.83 Å². The van der Waals surface area contributed by atoms with Crippen LogP contribution in [0.1, 0.15) is 51.9 Å². The molecule has 0 radical (unpaired) electrons. The lowest BCUT2D eigenvalue weighted by Crippen LogP contribution is -2.04. The second kappa shape index (κ2) is 5.99. The molecular formula is C12H19F. The molecule has 0 aliphatic heterocycles. The van der Waals surface area contributed by atoms with Crippen LogP contribution in [0, 0.1) is 5.92 Å². The zero-order valence-electron chi connectivity index (χ0n) is 8.48. The van der Waals surface area contributed by atoms with Crippen molar-refractivity contribution in [3.8, 4) is 0 Å². The van der Waals surface area contributed by atoms with Crippen LogP contribution in [0.3, 0.4) is 0 Å². The van der Waals surface area contributed by atoms with Gasteiger partial charge in [0.2, 0.25) is 0 Å². The average Bonchev–Trinajstić information content (AvgIpc) is 2.19. The molecule has 0 amide bonds. The normalized spacial score (nSPS) is 18.0. The summed E-state index contributed by atoms with van der Waals surface area (Å²) >= 11 is 0. The van der Waals surface area contributed by atoms with Crippen molar-refractivity contribution in [2.24, 2.45) is 5.92 Å². The molecule has 0 aromatic carbocycles. The van der Waals surface area contributed by atoms with Crippen molar-refractivity contribution in [3.63, 3.8) is 0 Å². The van der Waals surface area contributed by atoms with E-state index >= 15 is 0 Å². The summed E-state index contributed by atoms with van der Waals surface area (Å²) in [5.41, 5.74) is 2.70. The molecule has 1 aliphatic rings. The average molecular weight is 182 g/mol. The Hall–Kier alpha value is -0.550. The molecule has 1 fully saturated rings. The maximum Gasteiger partial charge on any atom is 0.141 e. The van der Waals surface area contributed by atoms with Crippen LogP contribution in [-0.4, -0.2) is 0 Å². The van der Waals surface area contributed by atoms with Gasteiger partial charge in [-0.2, -0.15) is 0 Å². The van der Waals surface area contributed by atoms with Crippen molar-refractivity contribution >= 4 is 0 Å². The van der Waals surface area contributed by atoms with Gasteiger partial charge in [-0.05, 0) is 18.4 Å². The molecule has 1 heteroatoms. The molecule has 1 saturated carbocycles. The van der Waals surface area contributed by atoms with Crippen LogP contribution in [-0.2, 0) is 0 Å². The summed E-state index contributed by atoms with van der Waals surface area (Å²) in [5, 5.41) is 0. The third-order valence-electron chi connectivity index (χ3n) is 2.75. The van der Waals surface area contributed by atoms with Gasteiger partial charge in [-0.3, -0.25) is 0 Å². The number of rotatable bonds is 3. The number of allylic oxidation sites excluding steroid dienone is 1. The smallest absolute Gasteiger partial charge is 0.141 e. The summed E-state index contributed by atoms with van der Waals surface area (Å²) in [7, 11) is 0. The molecule has 1 aliphatic carbocycles. The minimum atomic E-state index is -0.115. The molecule has 0 bridgehead atoms. The molecule has 0 saturated heterocycles. The first-order chi connectivity index (χ1) is 6.33. The highest BCUT2D eigenvalue weighted by Crippen LogP contribution is 2.26. The van der Waals surface area contributed by atoms with Gasteiger partial charge in [-0.1, -0.05) is 44.8 Å². The first kappa shape index (κ1) is 10.5. The van der Waals surface area contributed by atoms with E-state index in [2.05, 4.69) is 5.73 Å². The topological polar surface area (TPSA) is 0 Å². The Balaban J connectivity index is 2.28. The van der Waals surface area contributed by atoms with Crippen molar-refractivity contribution in [1.82, 2.24) is 0 Å². The quantitative estimate of drug-likeness (QED) is 0.568. The van der Waals surface area contributed by atoms with Crippen LogP contribution in [0.25, 0.3) is 0 Å². The van der Waals surface area contributed by atoms with Gasteiger partial charge in [-0.25, -0.2) is 4.39 Å². The zero-order chi connectivity index (χ0) is 9.52. The van der Waals surface area contributed by atoms with E-state index in [9.17, 15) is 4.39 Å². The lowest BCUT2D eigenvalue weighted by atomic mass is 9.87. The predicted octanol–water partition coefficient (Wildman–Crippen LogP) is 4.38. The van der Waals surface area contributed by atoms with Crippen molar-refractivity contribution in [3.05, 3.63) is 17.6 Å². The first-order valence-electron chi connectivity index (χ1n) is 5.42. The van der Waals surface area contributed by atoms with E-state index in [0.29, 0.717) is 6.42 Å². The van der Waals surface area contributed by atoms with Gasteiger partial charge in [0.05, 0.1) is 0 Å². The highest BCUT2D eigenvalue weighted by Gasteiger charge is 2.10. The number of hydrogen-bond acceptors (Lipinski definition) is 0. The molecule has 0 heterocycles. The van der Waals surface area contributed by atoms with E-state index in [4.69, 9.17) is 0 Å². The summed E-state index contributed by atoms with van der Waals surface area (Å²) < 4.78 is 12.7. The zero-order valence-corrected chi connectivity index (χ0v) is 8.48. The molecule has 0 aromatic rings. The number of hydrogen-bond donors (Lipinski definition) is 0. The van der Waals surface area contributed by atoms with Gasteiger partial charge in [0.15, 0.2) is 0 Å². The third-order valence-corrected chi connectivity index (χ3v) is 2.75. The fourth-order valence-corrected chi connectivity index (χ4v) is 1.86. The fourth-order valence-electron chi connectivity index (χ4n) is 1.86. The Kier molecular flexibility index (Phi) is 4.85. The second-order valence-electron chi connectivity index (χ2n) is 3.85. The van der Waals surface area contributed by atoms with Crippen molar-refractivity contribution in [2.45, 2.75) is 51.9 Å². The minimum absolute atomic E-state index is 0.115. The first-order valence-corrected chi connectivity index (χ1v) is 5.42. The van der Waals surface area contributed by atoms with Crippen LogP contribution in [0.4, 0.5) is 4.39 Å². The SMILES string of the molecule is CCC(F)=C=CCC1CCCCC1. The largest absolute Gasteiger partial charge is 0.203 e. The minimum Gasteiger partial charge on any atom is -0.203 e. The van der Waals surface area contributed by atoms with E-state index < -0.39 is 0 Å². The summed E-state index contributed by atoms with van der Waals surface area (Å²) in [4.78, 5) is 0. The Morgan fingerprint density at radius 2 is 2.08 bits per heavy atom. The summed E-state index contributed by atoms with van der Waals surface area (Å²) in [6.07, 6.45) is 10.1. The lowest BCUT2D eigenvalue weighted by Gasteiger charge is -2.19. The van der Waals surface area contributed by atoms with Crippen molar-refractivity contribution in [1.29, 1.82) is 0 Å². The lowest BCUT2D eigenvalue weighted by molar-refractivity contribution is 0.361.